The molecule has 60 heavy (non-hydrogen) atoms. The lowest BCUT2D eigenvalue weighted by atomic mass is 9.64. The van der Waals surface area contributed by atoms with Crippen molar-refractivity contribution in [3.63, 3.8) is 0 Å². The zero-order chi connectivity index (χ0) is 44.2. The standard InChI is InChI=1S/C38H70O2.C19H34O/c1-5-7-9-10-17-23-29-38-36(28-22-16-12-11-14-20-25-33(3)39)32-31-35(27-19-8-6-2)37(38)30-24-18-13-15-21-26-34(4)40;1-3-4-5-6-7-8-9-10-11-12-13-14-15-16-17-18-19(2)20/h31-32,35-38H,5-30H2,1-4H3;7-10H,3-6,11-18H2,1-2H3/b;8-7+,10-9+. The number of unbranched alkanes of at least 4 members (excludes halogenated alkanes) is 25. The van der Waals surface area contributed by atoms with E-state index in [1.54, 1.807) is 20.8 Å². The van der Waals surface area contributed by atoms with Gasteiger partial charge >= 0.3 is 0 Å². The summed E-state index contributed by atoms with van der Waals surface area (Å²) in [6, 6.07) is 0. The molecule has 0 N–H and O–H groups in total. The highest BCUT2D eigenvalue weighted by molar-refractivity contribution is 5.75. The second-order valence-corrected chi connectivity index (χ2v) is 19.2. The number of rotatable bonds is 42. The van der Waals surface area contributed by atoms with Crippen molar-refractivity contribution in [2.24, 2.45) is 23.7 Å². The molecule has 350 valence electrons. The maximum absolute atomic E-state index is 11.3. The summed E-state index contributed by atoms with van der Waals surface area (Å²) >= 11 is 0. The van der Waals surface area contributed by atoms with Crippen LogP contribution in [0.5, 0.6) is 0 Å². The normalized spacial score (nSPS) is 17.7. The molecule has 3 nitrogen and oxygen atoms in total. The number of carbonyl (C=O) groups excluding carboxylic acids is 3. The molecule has 0 radical (unpaired) electrons. The smallest absolute Gasteiger partial charge is 0.129 e. The molecule has 0 saturated heterocycles. The molecule has 0 aliphatic heterocycles. The van der Waals surface area contributed by atoms with E-state index in [9.17, 15) is 14.4 Å². The largest absolute Gasteiger partial charge is 0.300 e. The molecule has 0 aromatic heterocycles. The van der Waals surface area contributed by atoms with E-state index in [1.165, 1.54) is 205 Å². The van der Waals surface area contributed by atoms with E-state index >= 15 is 0 Å². The summed E-state index contributed by atoms with van der Waals surface area (Å²) in [6.45, 7) is 12.0. The van der Waals surface area contributed by atoms with Gasteiger partial charge in [0, 0.05) is 19.3 Å². The zero-order valence-corrected chi connectivity index (χ0v) is 41.4. The third kappa shape index (κ3) is 39.1. The highest BCUT2D eigenvalue weighted by Crippen LogP contribution is 2.44. The molecule has 3 heteroatoms. The van der Waals surface area contributed by atoms with Crippen LogP contribution >= 0.6 is 0 Å². The average molecular weight is 837 g/mol. The minimum absolute atomic E-state index is 0.331. The fraction of sp³-hybridized carbons (Fsp3) is 0.842. The second kappa shape index (κ2) is 45.3. The monoisotopic (exact) mass is 837 g/mol. The molecule has 1 aliphatic carbocycles. The fourth-order valence-electron chi connectivity index (χ4n) is 9.42. The molecule has 1 rings (SSSR count). The average Bonchev–Trinajstić information content (AvgIpc) is 3.22. The summed E-state index contributed by atoms with van der Waals surface area (Å²) in [5.74, 6) is 4.37. The summed E-state index contributed by atoms with van der Waals surface area (Å²) in [4.78, 5) is 33.2. The minimum Gasteiger partial charge on any atom is -0.300 e. The zero-order valence-electron chi connectivity index (χ0n) is 41.4. The summed E-state index contributed by atoms with van der Waals surface area (Å²) in [6.07, 6.45) is 62.7. The van der Waals surface area contributed by atoms with Crippen LogP contribution in [0.15, 0.2) is 36.5 Å². The van der Waals surface area contributed by atoms with E-state index in [4.69, 9.17) is 0 Å². The Bertz CT molecular complexity index is 1050. The number of ketones is 3. The topological polar surface area (TPSA) is 51.2 Å². The first-order valence-corrected chi connectivity index (χ1v) is 26.7. The van der Waals surface area contributed by atoms with Crippen molar-refractivity contribution < 1.29 is 14.4 Å². The van der Waals surface area contributed by atoms with Gasteiger partial charge in [0.05, 0.1) is 0 Å². The molecule has 0 spiro atoms. The van der Waals surface area contributed by atoms with Crippen LogP contribution < -0.4 is 0 Å². The molecule has 0 amide bonds. The Labute approximate surface area is 376 Å². The summed E-state index contributed by atoms with van der Waals surface area (Å²) in [5, 5.41) is 0. The van der Waals surface area contributed by atoms with Crippen LogP contribution in [0.25, 0.3) is 0 Å². The first-order chi connectivity index (χ1) is 29.3. The summed E-state index contributed by atoms with van der Waals surface area (Å²) in [7, 11) is 0. The van der Waals surface area contributed by atoms with Crippen molar-refractivity contribution in [1.82, 2.24) is 0 Å². The van der Waals surface area contributed by atoms with Crippen LogP contribution in [0.1, 0.15) is 286 Å². The first-order valence-electron chi connectivity index (χ1n) is 26.7. The van der Waals surface area contributed by atoms with E-state index in [2.05, 4.69) is 57.2 Å². The predicted molar refractivity (Wildman–Crippen MR) is 266 cm³/mol. The highest BCUT2D eigenvalue weighted by Gasteiger charge is 2.34. The van der Waals surface area contributed by atoms with Gasteiger partial charge in [-0.05, 0) is 115 Å². The van der Waals surface area contributed by atoms with Crippen molar-refractivity contribution in [2.45, 2.75) is 286 Å². The molecule has 0 aromatic rings. The van der Waals surface area contributed by atoms with Gasteiger partial charge in [-0.3, -0.25) is 0 Å². The van der Waals surface area contributed by atoms with Crippen LogP contribution in [0, 0.1) is 23.7 Å². The van der Waals surface area contributed by atoms with E-state index in [0.717, 1.165) is 62.2 Å². The Morgan fingerprint density at radius 1 is 0.350 bits per heavy atom. The first kappa shape index (κ1) is 58.2. The lowest BCUT2D eigenvalue weighted by Crippen LogP contribution is -2.32. The van der Waals surface area contributed by atoms with Crippen molar-refractivity contribution in [1.29, 1.82) is 0 Å². The van der Waals surface area contributed by atoms with Crippen LogP contribution in [-0.4, -0.2) is 17.3 Å². The number of carbonyl (C=O) groups is 3. The SMILES string of the molecule is CCCCC/C=C/C=C/CCCCCCCCC(C)=O.CCCCCCCCC1C(CCCCCCCCC(C)=O)C=CC(CCCCC)C1CCCCCCCC(C)=O. The Morgan fingerprint density at radius 2 is 0.617 bits per heavy atom. The van der Waals surface area contributed by atoms with Gasteiger partial charge in [0.2, 0.25) is 0 Å². The molecular weight excluding hydrogens is 733 g/mol. The molecule has 0 fully saturated rings. The van der Waals surface area contributed by atoms with Crippen molar-refractivity contribution in [2.75, 3.05) is 0 Å². The highest BCUT2D eigenvalue weighted by atomic mass is 16.1. The lowest BCUT2D eigenvalue weighted by molar-refractivity contribution is -0.117. The van der Waals surface area contributed by atoms with Gasteiger partial charge < -0.3 is 14.4 Å². The third-order valence-electron chi connectivity index (χ3n) is 13.2. The third-order valence-corrected chi connectivity index (χ3v) is 13.2. The van der Waals surface area contributed by atoms with Gasteiger partial charge in [-0.2, -0.15) is 0 Å². The van der Waals surface area contributed by atoms with Crippen LogP contribution in [0.2, 0.25) is 0 Å². The molecular formula is C57H104O3. The Morgan fingerprint density at radius 3 is 1.00 bits per heavy atom. The predicted octanol–water partition coefficient (Wildman–Crippen LogP) is 18.8. The molecule has 0 bridgehead atoms. The van der Waals surface area contributed by atoms with Crippen molar-refractivity contribution in [3.05, 3.63) is 36.5 Å². The van der Waals surface area contributed by atoms with E-state index in [0.29, 0.717) is 17.3 Å². The molecule has 4 atom stereocenters. The maximum atomic E-state index is 11.3. The number of Topliss-reactive ketones (excluding diaryl/α,β-unsaturated/α-hetero) is 3. The molecule has 1 aliphatic rings. The second-order valence-electron chi connectivity index (χ2n) is 19.2. The van der Waals surface area contributed by atoms with E-state index in [-0.39, 0.29) is 0 Å². The maximum Gasteiger partial charge on any atom is 0.129 e. The lowest BCUT2D eigenvalue weighted by Gasteiger charge is -2.41. The van der Waals surface area contributed by atoms with Gasteiger partial charge in [-0.25, -0.2) is 0 Å². The van der Waals surface area contributed by atoms with Gasteiger partial charge in [-0.15, -0.1) is 0 Å². The van der Waals surface area contributed by atoms with Crippen molar-refractivity contribution in [3.8, 4) is 0 Å². The summed E-state index contributed by atoms with van der Waals surface area (Å²) in [5.41, 5.74) is 0. The Kier molecular flexibility index (Phi) is 43.9. The quantitative estimate of drug-likeness (QED) is 0.0350. The van der Waals surface area contributed by atoms with Gasteiger partial charge in [0.25, 0.3) is 0 Å². The van der Waals surface area contributed by atoms with Crippen LogP contribution in [0.4, 0.5) is 0 Å². The number of hydrogen-bond acceptors (Lipinski definition) is 3. The molecule has 0 aromatic carbocycles. The Balaban J connectivity index is 0.00000146. The van der Waals surface area contributed by atoms with E-state index in [1.807, 2.05) is 0 Å². The van der Waals surface area contributed by atoms with Crippen LogP contribution in [-0.2, 0) is 14.4 Å². The molecule has 4 unspecified atom stereocenters. The Hall–Kier alpha value is -1.77. The minimum atomic E-state index is 0.331. The van der Waals surface area contributed by atoms with Gasteiger partial charge in [0.15, 0.2) is 0 Å². The summed E-state index contributed by atoms with van der Waals surface area (Å²) < 4.78 is 0. The fourth-order valence-corrected chi connectivity index (χ4v) is 9.42. The van der Waals surface area contributed by atoms with E-state index < -0.39 is 0 Å². The molecule has 0 saturated carbocycles. The van der Waals surface area contributed by atoms with Crippen LogP contribution in [0.3, 0.4) is 0 Å². The number of hydrogen-bond donors (Lipinski definition) is 0. The number of allylic oxidation sites excluding steroid dienone is 6. The van der Waals surface area contributed by atoms with Gasteiger partial charge in [-0.1, -0.05) is 211 Å². The van der Waals surface area contributed by atoms with Crippen molar-refractivity contribution >= 4 is 17.3 Å². The van der Waals surface area contributed by atoms with Gasteiger partial charge in [0.1, 0.15) is 17.3 Å². The molecule has 0 heterocycles.